The molecule has 11 heteroatoms. The molecule has 31 heavy (non-hydrogen) atoms. The molecule has 0 atom stereocenters. The lowest BCUT2D eigenvalue weighted by Gasteiger charge is -2.33. The number of rotatable bonds is 5. The third-order valence-electron chi connectivity index (χ3n) is 5.03. The summed E-state index contributed by atoms with van der Waals surface area (Å²) in [7, 11) is 1.49. The van der Waals surface area contributed by atoms with Gasteiger partial charge in [-0.3, -0.25) is 14.8 Å². The van der Waals surface area contributed by atoms with Crippen molar-refractivity contribution in [2.75, 3.05) is 36.1 Å². The van der Waals surface area contributed by atoms with Crippen LogP contribution in [0.2, 0.25) is 0 Å². The molecule has 4 rings (SSSR count). The molecule has 11 nitrogen and oxygen atoms in total. The molecule has 0 aliphatic carbocycles. The fourth-order valence-corrected chi connectivity index (χ4v) is 3.34. The van der Waals surface area contributed by atoms with Crippen LogP contribution in [-0.2, 0) is 0 Å². The summed E-state index contributed by atoms with van der Waals surface area (Å²) in [6, 6.07) is 2.07. The second-order valence-corrected chi connectivity index (χ2v) is 7.11. The Balaban J connectivity index is 1.60. The van der Waals surface area contributed by atoms with Gasteiger partial charge in [0.2, 0.25) is 5.88 Å². The van der Waals surface area contributed by atoms with Gasteiger partial charge in [-0.2, -0.15) is 0 Å². The van der Waals surface area contributed by atoms with Gasteiger partial charge in [-0.1, -0.05) is 0 Å². The van der Waals surface area contributed by atoms with Crippen LogP contribution < -0.4 is 26.4 Å². The van der Waals surface area contributed by atoms with Crippen LogP contribution in [0.15, 0.2) is 37.1 Å². The Kier molecular flexibility index (Phi) is 5.85. The SMILES string of the molecule is COc1cncc(-c2cnc(N)c(C(=O)Nc3cnccc3N3CCC(N)CC3)n2)n1. The number of piperidine rings is 1. The summed E-state index contributed by atoms with van der Waals surface area (Å²) in [6.07, 6.45) is 9.47. The number of aromatic nitrogens is 5. The number of carbonyl (C=O) groups is 1. The van der Waals surface area contributed by atoms with Crippen LogP contribution in [0.5, 0.6) is 5.88 Å². The Morgan fingerprint density at radius 3 is 2.68 bits per heavy atom. The lowest BCUT2D eigenvalue weighted by molar-refractivity contribution is 0.102. The Morgan fingerprint density at radius 2 is 1.90 bits per heavy atom. The molecule has 5 N–H and O–H groups in total. The average Bonchev–Trinajstić information content (AvgIpc) is 2.80. The van der Waals surface area contributed by atoms with Crippen molar-refractivity contribution in [3.63, 3.8) is 0 Å². The lowest BCUT2D eigenvalue weighted by atomic mass is 10.1. The summed E-state index contributed by atoms with van der Waals surface area (Å²) in [5, 5.41) is 2.86. The third-order valence-corrected chi connectivity index (χ3v) is 5.03. The van der Waals surface area contributed by atoms with E-state index in [0.717, 1.165) is 31.6 Å². The highest BCUT2D eigenvalue weighted by molar-refractivity contribution is 6.07. The van der Waals surface area contributed by atoms with Crippen LogP contribution in [0.1, 0.15) is 23.3 Å². The molecule has 1 saturated heterocycles. The van der Waals surface area contributed by atoms with Crippen molar-refractivity contribution in [2.24, 2.45) is 5.73 Å². The van der Waals surface area contributed by atoms with Gasteiger partial charge in [0.05, 0.1) is 43.3 Å². The van der Waals surface area contributed by atoms with Gasteiger partial charge < -0.3 is 26.4 Å². The highest BCUT2D eigenvalue weighted by Crippen LogP contribution is 2.28. The van der Waals surface area contributed by atoms with Crippen LogP contribution in [-0.4, -0.2) is 57.1 Å². The zero-order valence-corrected chi connectivity index (χ0v) is 17.0. The highest BCUT2D eigenvalue weighted by Gasteiger charge is 2.21. The quantitative estimate of drug-likeness (QED) is 0.544. The molecule has 1 amide bonds. The Labute approximate surface area is 178 Å². The summed E-state index contributed by atoms with van der Waals surface area (Å²) in [5.41, 5.74) is 14.1. The van der Waals surface area contributed by atoms with E-state index in [9.17, 15) is 4.79 Å². The van der Waals surface area contributed by atoms with E-state index in [-0.39, 0.29) is 17.6 Å². The van der Waals surface area contributed by atoms with Crippen molar-refractivity contribution in [1.82, 2.24) is 24.9 Å². The molecule has 0 radical (unpaired) electrons. The maximum atomic E-state index is 13.0. The van der Waals surface area contributed by atoms with Gasteiger partial charge >= 0.3 is 0 Å². The predicted octanol–water partition coefficient (Wildman–Crippen LogP) is 1.10. The van der Waals surface area contributed by atoms with E-state index in [1.54, 1.807) is 12.4 Å². The van der Waals surface area contributed by atoms with E-state index in [2.05, 4.69) is 35.1 Å². The maximum Gasteiger partial charge on any atom is 0.278 e. The van der Waals surface area contributed by atoms with Crippen LogP contribution >= 0.6 is 0 Å². The van der Waals surface area contributed by atoms with E-state index in [0.29, 0.717) is 23.0 Å². The largest absolute Gasteiger partial charge is 0.480 e. The molecule has 0 unspecified atom stereocenters. The summed E-state index contributed by atoms with van der Waals surface area (Å²) in [6.45, 7) is 1.61. The molecule has 160 valence electrons. The normalized spacial score (nSPS) is 14.3. The van der Waals surface area contributed by atoms with Gasteiger partial charge in [0.25, 0.3) is 5.91 Å². The number of nitrogen functional groups attached to an aromatic ring is 1. The number of hydrogen-bond donors (Lipinski definition) is 3. The highest BCUT2D eigenvalue weighted by atomic mass is 16.5. The molecule has 0 spiro atoms. The smallest absolute Gasteiger partial charge is 0.278 e. The Hall–Kier alpha value is -3.86. The second kappa shape index (κ2) is 8.88. The van der Waals surface area contributed by atoms with Crippen LogP contribution in [0.4, 0.5) is 17.2 Å². The van der Waals surface area contributed by atoms with Crippen molar-refractivity contribution < 1.29 is 9.53 Å². The van der Waals surface area contributed by atoms with Crippen LogP contribution in [0, 0.1) is 0 Å². The maximum absolute atomic E-state index is 13.0. The summed E-state index contributed by atoms with van der Waals surface area (Å²) >= 11 is 0. The fourth-order valence-electron chi connectivity index (χ4n) is 3.34. The van der Waals surface area contributed by atoms with Crippen molar-refractivity contribution in [3.05, 3.63) is 42.7 Å². The Morgan fingerprint density at radius 1 is 1.13 bits per heavy atom. The molecule has 4 heterocycles. The minimum absolute atomic E-state index is 0.00601. The van der Waals surface area contributed by atoms with Crippen LogP contribution in [0.3, 0.4) is 0 Å². The zero-order chi connectivity index (χ0) is 21.8. The summed E-state index contributed by atoms with van der Waals surface area (Å²) in [4.78, 5) is 36.1. The minimum atomic E-state index is -0.495. The molecule has 3 aromatic heterocycles. The fraction of sp³-hybridized carbons (Fsp3) is 0.300. The van der Waals surface area contributed by atoms with E-state index in [1.165, 1.54) is 25.7 Å². The summed E-state index contributed by atoms with van der Waals surface area (Å²) in [5.74, 6) is -0.166. The topological polar surface area (TPSA) is 158 Å². The van der Waals surface area contributed by atoms with Gasteiger partial charge in [0, 0.05) is 25.3 Å². The average molecular weight is 421 g/mol. The first kappa shape index (κ1) is 20.4. The van der Waals surface area contributed by atoms with Gasteiger partial charge in [-0.05, 0) is 18.9 Å². The molecular formula is C20H23N9O2. The van der Waals surface area contributed by atoms with Crippen molar-refractivity contribution in [3.8, 4) is 17.3 Å². The number of nitrogens with two attached hydrogens (primary N) is 2. The van der Waals surface area contributed by atoms with E-state index in [4.69, 9.17) is 16.2 Å². The first-order valence-corrected chi connectivity index (χ1v) is 9.80. The second-order valence-electron chi connectivity index (χ2n) is 7.11. The molecule has 0 saturated carbocycles. The van der Waals surface area contributed by atoms with Gasteiger partial charge in [-0.25, -0.2) is 15.0 Å². The van der Waals surface area contributed by atoms with Crippen molar-refractivity contribution >= 4 is 23.1 Å². The standard InChI is InChI=1S/C20H23N9O2/c1-31-17-11-24-8-13(26-17)14-10-25-19(22)18(27-14)20(30)28-15-9-23-5-2-16(15)29-6-3-12(21)4-7-29/h2,5,8-12H,3-4,6-7,21H2,1H3,(H2,22,25)(H,28,30). The first-order chi connectivity index (χ1) is 15.0. The van der Waals surface area contributed by atoms with Crippen molar-refractivity contribution in [2.45, 2.75) is 18.9 Å². The molecule has 0 bridgehead atoms. The number of pyridine rings is 1. The number of anilines is 3. The number of nitrogens with one attached hydrogen (secondary N) is 1. The molecular weight excluding hydrogens is 398 g/mol. The lowest BCUT2D eigenvalue weighted by Crippen LogP contribution is -2.40. The summed E-state index contributed by atoms with van der Waals surface area (Å²) < 4.78 is 5.09. The number of ether oxygens (including phenoxy) is 1. The predicted molar refractivity (Wildman–Crippen MR) is 116 cm³/mol. The molecule has 3 aromatic rings. The monoisotopic (exact) mass is 421 g/mol. The van der Waals surface area contributed by atoms with Gasteiger partial charge in [0.15, 0.2) is 11.5 Å². The van der Waals surface area contributed by atoms with Crippen LogP contribution in [0.25, 0.3) is 11.4 Å². The van der Waals surface area contributed by atoms with E-state index < -0.39 is 5.91 Å². The van der Waals surface area contributed by atoms with E-state index >= 15 is 0 Å². The number of nitrogens with zero attached hydrogens (tertiary/aromatic N) is 6. The molecule has 1 aliphatic rings. The van der Waals surface area contributed by atoms with Crippen molar-refractivity contribution in [1.29, 1.82) is 0 Å². The number of methoxy groups -OCH3 is 1. The van der Waals surface area contributed by atoms with E-state index in [1.807, 2.05) is 6.07 Å². The zero-order valence-electron chi connectivity index (χ0n) is 17.0. The third kappa shape index (κ3) is 4.51. The minimum Gasteiger partial charge on any atom is -0.480 e. The first-order valence-electron chi connectivity index (χ1n) is 9.80. The number of carbonyl (C=O) groups excluding carboxylic acids is 1. The number of amides is 1. The van der Waals surface area contributed by atoms with Gasteiger partial charge in [-0.15, -0.1) is 0 Å². The van der Waals surface area contributed by atoms with Gasteiger partial charge in [0.1, 0.15) is 11.4 Å². The molecule has 0 aromatic carbocycles. The molecule has 1 fully saturated rings. The number of hydrogen-bond acceptors (Lipinski definition) is 10. The Bertz CT molecular complexity index is 1080. The molecule has 1 aliphatic heterocycles.